The summed E-state index contributed by atoms with van der Waals surface area (Å²) in [6.45, 7) is 7.26. The van der Waals surface area contributed by atoms with Crippen LogP contribution >= 0.6 is 0 Å². The van der Waals surface area contributed by atoms with E-state index in [9.17, 15) is 0 Å². The standard InChI is InChI=1S/C17H28N2O/c1-3-5-15-6-8-16(9-7-15)17(18-2)14-19-10-4-12-20-13-11-19/h6-9,17-18H,3-5,10-14H2,1-2H3. The van der Waals surface area contributed by atoms with Crippen LogP contribution in [0.2, 0.25) is 0 Å². The van der Waals surface area contributed by atoms with Crippen LogP contribution in [0.15, 0.2) is 24.3 Å². The fraction of sp³-hybridized carbons (Fsp3) is 0.647. The Labute approximate surface area is 123 Å². The van der Waals surface area contributed by atoms with Gasteiger partial charge in [-0.1, -0.05) is 37.6 Å². The van der Waals surface area contributed by atoms with Crippen LogP contribution in [-0.2, 0) is 11.2 Å². The van der Waals surface area contributed by atoms with E-state index in [0.717, 1.165) is 39.3 Å². The SMILES string of the molecule is CCCc1ccc(C(CN2CCCOCC2)NC)cc1. The smallest absolute Gasteiger partial charge is 0.0593 e. The summed E-state index contributed by atoms with van der Waals surface area (Å²) in [5, 5.41) is 3.46. The second-order valence-electron chi connectivity index (χ2n) is 5.60. The molecule has 112 valence electrons. The van der Waals surface area contributed by atoms with Crippen molar-refractivity contribution >= 4 is 0 Å². The maximum atomic E-state index is 5.53. The average molecular weight is 276 g/mol. The summed E-state index contributed by atoms with van der Waals surface area (Å²) < 4.78 is 5.53. The molecule has 1 unspecified atom stereocenters. The zero-order valence-electron chi connectivity index (χ0n) is 12.9. The van der Waals surface area contributed by atoms with Crippen molar-refractivity contribution in [1.29, 1.82) is 0 Å². The van der Waals surface area contributed by atoms with Gasteiger partial charge in [0.1, 0.15) is 0 Å². The van der Waals surface area contributed by atoms with Crippen molar-refractivity contribution in [2.75, 3.05) is 39.9 Å². The monoisotopic (exact) mass is 276 g/mol. The first kappa shape index (κ1) is 15.5. The minimum atomic E-state index is 0.406. The van der Waals surface area contributed by atoms with Crippen LogP contribution in [0.5, 0.6) is 0 Å². The van der Waals surface area contributed by atoms with E-state index >= 15 is 0 Å². The lowest BCUT2D eigenvalue weighted by Crippen LogP contribution is -2.35. The van der Waals surface area contributed by atoms with E-state index in [1.807, 2.05) is 0 Å². The van der Waals surface area contributed by atoms with E-state index < -0.39 is 0 Å². The third kappa shape index (κ3) is 4.58. The van der Waals surface area contributed by atoms with Crippen LogP contribution in [0, 0.1) is 0 Å². The minimum absolute atomic E-state index is 0.406. The number of aryl methyl sites for hydroxylation is 1. The summed E-state index contributed by atoms with van der Waals surface area (Å²) in [6, 6.07) is 9.51. The first-order valence-electron chi connectivity index (χ1n) is 7.89. The molecule has 1 aromatic carbocycles. The molecular formula is C17H28N2O. The predicted octanol–water partition coefficient (Wildman–Crippen LogP) is 2.62. The summed E-state index contributed by atoms with van der Waals surface area (Å²) >= 11 is 0. The van der Waals surface area contributed by atoms with E-state index in [1.165, 1.54) is 24.0 Å². The number of hydrogen-bond acceptors (Lipinski definition) is 3. The molecule has 0 spiro atoms. The Morgan fingerprint density at radius 1 is 1.20 bits per heavy atom. The number of likely N-dealkylation sites (N-methyl/N-ethyl adjacent to an activating group) is 1. The molecule has 3 heteroatoms. The number of hydrogen-bond donors (Lipinski definition) is 1. The van der Waals surface area contributed by atoms with Gasteiger partial charge >= 0.3 is 0 Å². The number of nitrogens with one attached hydrogen (secondary N) is 1. The van der Waals surface area contributed by atoms with Gasteiger partial charge in [0, 0.05) is 32.3 Å². The van der Waals surface area contributed by atoms with Crippen molar-refractivity contribution in [3.63, 3.8) is 0 Å². The Kier molecular flexibility index (Phi) is 6.51. The van der Waals surface area contributed by atoms with E-state index in [1.54, 1.807) is 0 Å². The molecule has 1 aromatic rings. The van der Waals surface area contributed by atoms with E-state index in [0.29, 0.717) is 6.04 Å². The van der Waals surface area contributed by atoms with E-state index in [-0.39, 0.29) is 0 Å². The average Bonchev–Trinajstić information content (AvgIpc) is 2.75. The Bertz CT molecular complexity index is 369. The summed E-state index contributed by atoms with van der Waals surface area (Å²) in [7, 11) is 2.05. The highest BCUT2D eigenvalue weighted by molar-refractivity contribution is 5.25. The molecule has 1 N–H and O–H groups in total. The van der Waals surface area contributed by atoms with Crippen LogP contribution in [0.1, 0.15) is 36.9 Å². The molecule has 20 heavy (non-hydrogen) atoms. The molecule has 1 fully saturated rings. The van der Waals surface area contributed by atoms with E-state index in [2.05, 4.69) is 48.5 Å². The van der Waals surface area contributed by atoms with Gasteiger partial charge in [-0.2, -0.15) is 0 Å². The van der Waals surface area contributed by atoms with Gasteiger partial charge < -0.3 is 10.1 Å². The van der Waals surface area contributed by atoms with Crippen molar-refractivity contribution < 1.29 is 4.74 Å². The highest BCUT2D eigenvalue weighted by Crippen LogP contribution is 2.16. The Hall–Kier alpha value is -0.900. The van der Waals surface area contributed by atoms with Crippen molar-refractivity contribution in [1.82, 2.24) is 10.2 Å². The zero-order valence-corrected chi connectivity index (χ0v) is 12.9. The van der Waals surface area contributed by atoms with Crippen molar-refractivity contribution in [2.24, 2.45) is 0 Å². The second kappa shape index (κ2) is 8.40. The molecule has 1 aliphatic heterocycles. The van der Waals surface area contributed by atoms with Crippen molar-refractivity contribution in [3.8, 4) is 0 Å². The van der Waals surface area contributed by atoms with Crippen molar-refractivity contribution in [2.45, 2.75) is 32.2 Å². The maximum absolute atomic E-state index is 5.53. The molecule has 2 rings (SSSR count). The largest absolute Gasteiger partial charge is 0.380 e. The quantitative estimate of drug-likeness (QED) is 0.864. The lowest BCUT2D eigenvalue weighted by Gasteiger charge is -2.26. The third-order valence-electron chi connectivity index (χ3n) is 4.02. The Balaban J connectivity index is 1.95. The molecule has 0 aliphatic carbocycles. The molecule has 0 saturated carbocycles. The number of benzene rings is 1. The predicted molar refractivity (Wildman–Crippen MR) is 84.1 cm³/mol. The number of nitrogens with zero attached hydrogens (tertiary/aromatic N) is 1. The molecule has 1 saturated heterocycles. The van der Waals surface area contributed by atoms with Gasteiger partial charge in [-0.3, -0.25) is 4.90 Å². The molecule has 0 aromatic heterocycles. The van der Waals surface area contributed by atoms with Crippen LogP contribution < -0.4 is 5.32 Å². The normalized spacial score (nSPS) is 18.7. The van der Waals surface area contributed by atoms with Crippen LogP contribution in [0.3, 0.4) is 0 Å². The number of rotatable bonds is 6. The fourth-order valence-electron chi connectivity index (χ4n) is 2.81. The molecule has 3 nitrogen and oxygen atoms in total. The second-order valence-corrected chi connectivity index (χ2v) is 5.60. The zero-order chi connectivity index (χ0) is 14.2. The van der Waals surface area contributed by atoms with Gasteiger partial charge in [0.15, 0.2) is 0 Å². The van der Waals surface area contributed by atoms with Gasteiger partial charge in [-0.05, 0) is 31.0 Å². The maximum Gasteiger partial charge on any atom is 0.0593 e. The minimum Gasteiger partial charge on any atom is -0.380 e. The molecule has 1 heterocycles. The van der Waals surface area contributed by atoms with Gasteiger partial charge in [0.05, 0.1) is 6.61 Å². The molecule has 1 atom stereocenters. The highest BCUT2D eigenvalue weighted by atomic mass is 16.5. The topological polar surface area (TPSA) is 24.5 Å². The summed E-state index contributed by atoms with van der Waals surface area (Å²) in [5.41, 5.74) is 2.83. The van der Waals surface area contributed by atoms with Gasteiger partial charge in [0.2, 0.25) is 0 Å². The lowest BCUT2D eigenvalue weighted by atomic mass is 10.0. The van der Waals surface area contributed by atoms with Gasteiger partial charge in [-0.15, -0.1) is 0 Å². The Morgan fingerprint density at radius 2 is 2.00 bits per heavy atom. The first-order chi connectivity index (χ1) is 9.83. The molecular weight excluding hydrogens is 248 g/mol. The number of ether oxygens (including phenoxy) is 1. The van der Waals surface area contributed by atoms with Crippen LogP contribution in [0.25, 0.3) is 0 Å². The summed E-state index contributed by atoms with van der Waals surface area (Å²) in [6.07, 6.45) is 3.53. The molecule has 0 bridgehead atoms. The molecule has 0 amide bonds. The fourth-order valence-corrected chi connectivity index (χ4v) is 2.81. The van der Waals surface area contributed by atoms with Gasteiger partial charge in [0.25, 0.3) is 0 Å². The molecule has 0 radical (unpaired) electrons. The highest BCUT2D eigenvalue weighted by Gasteiger charge is 2.16. The first-order valence-corrected chi connectivity index (χ1v) is 7.89. The molecule has 1 aliphatic rings. The van der Waals surface area contributed by atoms with E-state index in [4.69, 9.17) is 4.74 Å². The lowest BCUT2D eigenvalue weighted by molar-refractivity contribution is 0.139. The Morgan fingerprint density at radius 3 is 2.70 bits per heavy atom. The van der Waals surface area contributed by atoms with Crippen LogP contribution in [0.4, 0.5) is 0 Å². The summed E-state index contributed by atoms with van der Waals surface area (Å²) in [5.74, 6) is 0. The third-order valence-corrected chi connectivity index (χ3v) is 4.02. The van der Waals surface area contributed by atoms with Crippen LogP contribution in [-0.4, -0.2) is 44.8 Å². The van der Waals surface area contributed by atoms with Crippen molar-refractivity contribution in [3.05, 3.63) is 35.4 Å². The van der Waals surface area contributed by atoms with Gasteiger partial charge in [-0.25, -0.2) is 0 Å². The summed E-state index contributed by atoms with van der Waals surface area (Å²) in [4.78, 5) is 2.51.